The molecule has 0 spiro atoms. The van der Waals surface area contributed by atoms with Crippen molar-refractivity contribution in [2.24, 2.45) is 0 Å². The van der Waals surface area contributed by atoms with Crippen molar-refractivity contribution in [1.29, 1.82) is 10.5 Å². The van der Waals surface area contributed by atoms with Crippen LogP contribution in [0.15, 0.2) is 65.7 Å². The van der Waals surface area contributed by atoms with E-state index in [1.807, 2.05) is 42.5 Å². The number of nitriles is 2. The number of para-hydroxylation sites is 1. The zero-order chi connectivity index (χ0) is 20.8. The largest absolute Gasteiger partial charge is 0.383 e. The lowest BCUT2D eigenvalue weighted by atomic mass is 9.97. The Kier molecular flexibility index (Phi) is 6.13. The van der Waals surface area contributed by atoms with Gasteiger partial charge in [-0.15, -0.1) is 0 Å². The minimum Gasteiger partial charge on any atom is -0.383 e. The molecule has 29 heavy (non-hydrogen) atoms. The summed E-state index contributed by atoms with van der Waals surface area (Å²) in [6, 6.07) is 22.4. The van der Waals surface area contributed by atoms with Gasteiger partial charge < -0.3 is 11.1 Å². The number of amides is 1. The van der Waals surface area contributed by atoms with Crippen LogP contribution in [0.2, 0.25) is 0 Å². The summed E-state index contributed by atoms with van der Waals surface area (Å²) in [6.45, 7) is 1.72. The Morgan fingerprint density at radius 1 is 1.03 bits per heavy atom. The first-order chi connectivity index (χ1) is 14.0. The number of nitrogen functional groups attached to an aromatic ring is 1. The molecular formula is C22H17N5OS. The summed E-state index contributed by atoms with van der Waals surface area (Å²) in [6.07, 6.45) is 0. The first-order valence-corrected chi connectivity index (χ1v) is 9.64. The summed E-state index contributed by atoms with van der Waals surface area (Å²) >= 11 is 1.13. The molecule has 6 nitrogen and oxygen atoms in total. The maximum atomic E-state index is 12.6. The third-order valence-corrected chi connectivity index (χ3v) is 5.26. The van der Waals surface area contributed by atoms with Gasteiger partial charge in [-0.3, -0.25) is 4.79 Å². The lowest BCUT2D eigenvalue weighted by Gasteiger charge is -2.16. The van der Waals surface area contributed by atoms with Gasteiger partial charge in [-0.2, -0.15) is 10.5 Å². The number of pyridine rings is 1. The van der Waals surface area contributed by atoms with Crippen molar-refractivity contribution in [1.82, 2.24) is 4.98 Å². The number of carbonyl (C=O) groups excluding carboxylic acids is 1. The number of nitrogens with two attached hydrogens (primary N) is 1. The van der Waals surface area contributed by atoms with Gasteiger partial charge in [0.25, 0.3) is 0 Å². The van der Waals surface area contributed by atoms with Gasteiger partial charge in [0, 0.05) is 11.3 Å². The Balaban J connectivity index is 1.98. The van der Waals surface area contributed by atoms with Crippen LogP contribution in [0, 0.1) is 22.7 Å². The van der Waals surface area contributed by atoms with Crippen molar-refractivity contribution >= 4 is 29.2 Å². The SMILES string of the molecule is CC(Sc1nc(N)c(C#N)c(-c2ccccc2)c1C#N)C(=O)Nc1ccccc1. The van der Waals surface area contributed by atoms with E-state index in [9.17, 15) is 15.3 Å². The number of rotatable bonds is 5. The highest BCUT2D eigenvalue weighted by Crippen LogP contribution is 2.36. The molecule has 0 fully saturated rings. The number of aromatic nitrogens is 1. The second-order valence-electron chi connectivity index (χ2n) is 6.13. The van der Waals surface area contributed by atoms with Crippen LogP contribution in [0.4, 0.5) is 11.5 Å². The molecule has 1 unspecified atom stereocenters. The van der Waals surface area contributed by atoms with Crippen molar-refractivity contribution in [2.45, 2.75) is 17.2 Å². The normalized spacial score (nSPS) is 11.1. The van der Waals surface area contributed by atoms with Crippen LogP contribution in [0.3, 0.4) is 0 Å². The molecule has 0 radical (unpaired) electrons. The monoisotopic (exact) mass is 399 g/mol. The molecule has 0 bridgehead atoms. The Labute approximate surface area is 173 Å². The third-order valence-electron chi connectivity index (χ3n) is 4.18. The number of nitrogens with zero attached hydrogens (tertiary/aromatic N) is 3. The van der Waals surface area contributed by atoms with Gasteiger partial charge in [0.05, 0.1) is 10.8 Å². The van der Waals surface area contributed by atoms with Crippen molar-refractivity contribution < 1.29 is 4.79 Å². The number of nitrogens with one attached hydrogen (secondary N) is 1. The van der Waals surface area contributed by atoms with Crippen molar-refractivity contribution in [3.05, 3.63) is 71.8 Å². The van der Waals surface area contributed by atoms with E-state index in [0.717, 1.165) is 11.8 Å². The molecule has 1 atom stereocenters. The van der Waals surface area contributed by atoms with E-state index in [-0.39, 0.29) is 22.9 Å². The standard InChI is InChI=1S/C22H17N5OS/c1-14(21(28)26-16-10-6-3-7-11-16)29-22-18(13-24)19(15-8-4-2-5-9-15)17(12-23)20(25)27-22/h2-11,14H,1H3,(H2,25,27)(H,26,28). The quantitative estimate of drug-likeness (QED) is 0.621. The van der Waals surface area contributed by atoms with E-state index < -0.39 is 5.25 Å². The van der Waals surface area contributed by atoms with Crippen LogP contribution in [0.1, 0.15) is 18.1 Å². The van der Waals surface area contributed by atoms with E-state index in [1.54, 1.807) is 31.2 Å². The Hall–Kier alpha value is -3.81. The summed E-state index contributed by atoms with van der Waals surface area (Å²) in [5, 5.41) is 22.0. The Bertz CT molecular complexity index is 1120. The molecule has 7 heteroatoms. The molecule has 0 aliphatic rings. The third kappa shape index (κ3) is 4.37. The van der Waals surface area contributed by atoms with Crippen molar-refractivity contribution in [3.8, 4) is 23.3 Å². The summed E-state index contributed by atoms with van der Waals surface area (Å²) < 4.78 is 0. The average Bonchev–Trinajstić information content (AvgIpc) is 2.74. The molecule has 1 amide bonds. The van der Waals surface area contributed by atoms with Crippen molar-refractivity contribution in [3.63, 3.8) is 0 Å². The number of anilines is 2. The summed E-state index contributed by atoms with van der Waals surface area (Å²) in [5.74, 6) is -0.195. The minimum absolute atomic E-state index is 0.0310. The van der Waals surface area contributed by atoms with Crippen LogP contribution in [0.5, 0.6) is 0 Å². The highest BCUT2D eigenvalue weighted by molar-refractivity contribution is 8.00. The average molecular weight is 399 g/mol. The zero-order valence-electron chi connectivity index (χ0n) is 15.6. The summed E-state index contributed by atoms with van der Waals surface area (Å²) in [7, 11) is 0. The number of carbonyl (C=O) groups is 1. The van der Waals surface area contributed by atoms with E-state index >= 15 is 0 Å². The van der Waals surface area contributed by atoms with Gasteiger partial charge in [-0.25, -0.2) is 4.98 Å². The molecule has 3 N–H and O–H groups in total. The molecule has 0 saturated carbocycles. The molecule has 1 heterocycles. The lowest BCUT2D eigenvalue weighted by molar-refractivity contribution is -0.115. The second kappa shape index (κ2) is 8.92. The number of hydrogen-bond acceptors (Lipinski definition) is 6. The number of thioether (sulfide) groups is 1. The fourth-order valence-electron chi connectivity index (χ4n) is 2.76. The topological polar surface area (TPSA) is 116 Å². The van der Waals surface area contributed by atoms with Gasteiger partial charge in [0.2, 0.25) is 5.91 Å². The smallest absolute Gasteiger partial charge is 0.237 e. The van der Waals surface area contributed by atoms with Crippen molar-refractivity contribution in [2.75, 3.05) is 11.1 Å². The molecule has 3 rings (SSSR count). The molecule has 0 aliphatic carbocycles. The lowest BCUT2D eigenvalue weighted by Crippen LogP contribution is -2.22. The second-order valence-corrected chi connectivity index (χ2v) is 7.46. The molecule has 3 aromatic rings. The number of hydrogen-bond donors (Lipinski definition) is 2. The maximum absolute atomic E-state index is 12.6. The van der Waals surface area contributed by atoms with Crippen LogP contribution in [-0.4, -0.2) is 16.1 Å². The van der Waals surface area contributed by atoms with Gasteiger partial charge in [0.1, 0.15) is 28.5 Å². The van der Waals surface area contributed by atoms with Gasteiger partial charge >= 0.3 is 0 Å². The number of benzene rings is 2. The molecule has 1 aromatic heterocycles. The van der Waals surface area contributed by atoms with E-state index in [2.05, 4.69) is 16.4 Å². The molecule has 0 saturated heterocycles. The summed E-state index contributed by atoms with van der Waals surface area (Å²) in [4.78, 5) is 16.8. The molecule has 2 aromatic carbocycles. The van der Waals surface area contributed by atoms with Crippen LogP contribution < -0.4 is 11.1 Å². The summed E-state index contributed by atoms with van der Waals surface area (Å²) in [5.41, 5.74) is 8.20. The highest BCUT2D eigenvalue weighted by Gasteiger charge is 2.24. The predicted octanol–water partition coefficient (Wildman–Crippen LogP) is 4.19. The minimum atomic E-state index is -0.536. The van der Waals surface area contributed by atoms with Crippen LogP contribution in [0.25, 0.3) is 11.1 Å². The maximum Gasteiger partial charge on any atom is 0.237 e. The van der Waals surface area contributed by atoms with E-state index in [0.29, 0.717) is 21.8 Å². The van der Waals surface area contributed by atoms with E-state index in [1.165, 1.54) is 0 Å². The fourth-order valence-corrected chi connectivity index (χ4v) is 3.68. The van der Waals surface area contributed by atoms with E-state index in [4.69, 9.17) is 5.73 Å². The predicted molar refractivity (Wildman–Crippen MR) is 114 cm³/mol. The van der Waals surface area contributed by atoms with Gasteiger partial charge in [-0.05, 0) is 24.6 Å². The molecule has 0 aliphatic heterocycles. The van der Waals surface area contributed by atoms with Crippen LogP contribution >= 0.6 is 11.8 Å². The Morgan fingerprint density at radius 2 is 1.62 bits per heavy atom. The zero-order valence-corrected chi connectivity index (χ0v) is 16.4. The highest BCUT2D eigenvalue weighted by atomic mass is 32.2. The fraction of sp³-hybridized carbons (Fsp3) is 0.0909. The molecular weight excluding hydrogens is 382 g/mol. The Morgan fingerprint density at radius 3 is 2.21 bits per heavy atom. The first-order valence-electron chi connectivity index (χ1n) is 8.76. The first kappa shape index (κ1) is 19.9. The van der Waals surface area contributed by atoms with Gasteiger partial charge in [0.15, 0.2) is 0 Å². The van der Waals surface area contributed by atoms with Crippen LogP contribution in [-0.2, 0) is 4.79 Å². The molecule has 142 valence electrons. The van der Waals surface area contributed by atoms with Gasteiger partial charge in [-0.1, -0.05) is 60.3 Å².